The average Bonchev–Trinajstić information content (AvgIpc) is 2.53. The molecule has 0 fully saturated rings. The summed E-state index contributed by atoms with van der Waals surface area (Å²) < 4.78 is 0. The van der Waals surface area contributed by atoms with Crippen molar-refractivity contribution in [3.8, 4) is 0 Å². The largest absolute Gasteiger partial charge is 0.324 e. The van der Waals surface area contributed by atoms with Crippen molar-refractivity contribution in [3.05, 3.63) is 53.5 Å². The normalized spacial score (nSPS) is 12.2. The van der Waals surface area contributed by atoms with Crippen LogP contribution in [0.3, 0.4) is 0 Å². The van der Waals surface area contributed by atoms with E-state index < -0.39 is 0 Å². The van der Waals surface area contributed by atoms with Crippen molar-refractivity contribution in [1.29, 1.82) is 0 Å². The zero-order valence-electron chi connectivity index (χ0n) is 14.7. The lowest BCUT2D eigenvalue weighted by atomic mass is 10.1. The Labute approximate surface area is 151 Å². The van der Waals surface area contributed by atoms with Crippen LogP contribution in [0.5, 0.6) is 0 Å². The van der Waals surface area contributed by atoms with E-state index in [0.717, 1.165) is 33.7 Å². The van der Waals surface area contributed by atoms with E-state index in [9.17, 15) is 4.79 Å². The number of carbonyl (C=O) groups is 1. The molecule has 1 amide bonds. The van der Waals surface area contributed by atoms with Crippen LogP contribution in [0.25, 0.3) is 10.9 Å². The molecule has 0 saturated heterocycles. The van der Waals surface area contributed by atoms with Crippen molar-refractivity contribution in [2.24, 2.45) is 0 Å². The third kappa shape index (κ3) is 4.14. The Kier molecular flexibility index (Phi) is 4.99. The lowest BCUT2D eigenvalue weighted by molar-refractivity contribution is -0.115. The van der Waals surface area contributed by atoms with Gasteiger partial charge in [-0.05, 0) is 45.9 Å². The molecule has 0 radical (unpaired) electrons. The zero-order chi connectivity index (χ0) is 18.0. The van der Waals surface area contributed by atoms with E-state index in [0.29, 0.717) is 5.16 Å². The van der Waals surface area contributed by atoms with Gasteiger partial charge in [0, 0.05) is 22.5 Å². The fourth-order valence-corrected chi connectivity index (χ4v) is 3.48. The number of hydrogen-bond donors (Lipinski definition) is 1. The first-order valence-corrected chi connectivity index (χ1v) is 8.96. The summed E-state index contributed by atoms with van der Waals surface area (Å²) in [4.78, 5) is 25.9. The Morgan fingerprint density at radius 3 is 2.36 bits per heavy atom. The molecule has 0 aliphatic carbocycles. The number of hydrogen-bond acceptors (Lipinski definition) is 5. The standard InChI is InChI=1S/C19H20N4OS/c1-11-9-12(2)22-19(21-11)25-14(4)18(24)23-17-10-13(3)20-16-8-6-5-7-15(16)17/h5-10,14H,1-4H3,(H,20,23,24). The number of nitrogens with one attached hydrogen (secondary N) is 1. The van der Waals surface area contributed by atoms with Crippen LogP contribution in [-0.4, -0.2) is 26.1 Å². The van der Waals surface area contributed by atoms with Gasteiger partial charge in [0.1, 0.15) is 0 Å². The van der Waals surface area contributed by atoms with E-state index in [1.54, 1.807) is 0 Å². The predicted molar refractivity (Wildman–Crippen MR) is 102 cm³/mol. The first-order valence-electron chi connectivity index (χ1n) is 8.08. The Balaban J connectivity index is 1.80. The summed E-state index contributed by atoms with van der Waals surface area (Å²) in [5.41, 5.74) is 4.32. The van der Waals surface area contributed by atoms with Gasteiger partial charge in [0.25, 0.3) is 0 Å². The molecule has 0 aliphatic heterocycles. The van der Waals surface area contributed by atoms with Crippen molar-refractivity contribution >= 4 is 34.3 Å². The van der Waals surface area contributed by atoms with Crippen LogP contribution in [0.1, 0.15) is 24.0 Å². The second-order valence-electron chi connectivity index (χ2n) is 6.01. The third-order valence-electron chi connectivity index (χ3n) is 3.72. The first-order chi connectivity index (χ1) is 11.9. The lowest BCUT2D eigenvalue weighted by Crippen LogP contribution is -2.23. The SMILES string of the molecule is Cc1cc(C)nc(SC(C)C(=O)Nc2cc(C)nc3ccccc23)n1. The molecule has 0 aliphatic rings. The average molecular weight is 352 g/mol. The van der Waals surface area contributed by atoms with E-state index in [4.69, 9.17) is 0 Å². The van der Waals surface area contributed by atoms with Crippen molar-refractivity contribution in [1.82, 2.24) is 15.0 Å². The molecule has 5 nitrogen and oxygen atoms in total. The van der Waals surface area contributed by atoms with E-state index >= 15 is 0 Å². The van der Waals surface area contributed by atoms with Gasteiger partial charge in [0.05, 0.1) is 16.5 Å². The Morgan fingerprint density at radius 1 is 1.00 bits per heavy atom. The summed E-state index contributed by atoms with van der Waals surface area (Å²) in [6.45, 7) is 7.63. The maximum atomic E-state index is 12.6. The smallest absolute Gasteiger partial charge is 0.237 e. The predicted octanol–water partition coefficient (Wildman–Crippen LogP) is 4.07. The molecule has 1 aromatic carbocycles. The highest BCUT2D eigenvalue weighted by molar-refractivity contribution is 8.00. The highest BCUT2D eigenvalue weighted by Gasteiger charge is 2.18. The summed E-state index contributed by atoms with van der Waals surface area (Å²) >= 11 is 1.36. The molecule has 3 aromatic rings. The number of anilines is 1. The maximum absolute atomic E-state index is 12.6. The second-order valence-corrected chi connectivity index (χ2v) is 7.32. The molecule has 6 heteroatoms. The number of para-hydroxylation sites is 1. The van der Waals surface area contributed by atoms with Crippen molar-refractivity contribution in [3.63, 3.8) is 0 Å². The topological polar surface area (TPSA) is 67.8 Å². The number of carbonyl (C=O) groups excluding carboxylic acids is 1. The Morgan fingerprint density at radius 2 is 1.64 bits per heavy atom. The Bertz CT molecular complexity index is 922. The molecule has 0 bridgehead atoms. The molecule has 1 N–H and O–H groups in total. The number of rotatable bonds is 4. The van der Waals surface area contributed by atoms with E-state index in [1.807, 2.05) is 64.1 Å². The van der Waals surface area contributed by atoms with Crippen molar-refractivity contribution in [2.75, 3.05) is 5.32 Å². The summed E-state index contributed by atoms with van der Waals surface area (Å²) in [6.07, 6.45) is 0. The summed E-state index contributed by atoms with van der Waals surface area (Å²) in [7, 11) is 0. The van der Waals surface area contributed by atoms with E-state index in [2.05, 4.69) is 20.3 Å². The van der Waals surface area contributed by atoms with Gasteiger partial charge in [0.2, 0.25) is 5.91 Å². The molecule has 3 rings (SSSR count). The molecular weight excluding hydrogens is 332 g/mol. The number of benzene rings is 1. The number of amides is 1. The molecular formula is C19H20N4OS. The van der Waals surface area contributed by atoms with Gasteiger partial charge in [-0.15, -0.1) is 0 Å². The number of thioether (sulfide) groups is 1. The molecule has 25 heavy (non-hydrogen) atoms. The fraction of sp³-hybridized carbons (Fsp3) is 0.263. The van der Waals surface area contributed by atoms with Gasteiger partial charge in [-0.1, -0.05) is 30.0 Å². The van der Waals surface area contributed by atoms with Gasteiger partial charge >= 0.3 is 0 Å². The fourth-order valence-electron chi connectivity index (χ4n) is 2.60. The maximum Gasteiger partial charge on any atom is 0.237 e. The third-order valence-corrected chi connectivity index (χ3v) is 4.68. The zero-order valence-corrected chi connectivity index (χ0v) is 15.5. The minimum atomic E-state index is -0.312. The molecule has 1 unspecified atom stereocenters. The molecule has 2 aromatic heterocycles. The molecule has 0 saturated carbocycles. The van der Waals surface area contributed by atoms with Gasteiger partial charge in [-0.2, -0.15) is 0 Å². The van der Waals surface area contributed by atoms with E-state index in [-0.39, 0.29) is 11.2 Å². The molecule has 1 atom stereocenters. The number of pyridine rings is 1. The van der Waals surface area contributed by atoms with Crippen LogP contribution in [0.4, 0.5) is 5.69 Å². The summed E-state index contributed by atoms with van der Waals surface area (Å²) in [6, 6.07) is 11.6. The van der Waals surface area contributed by atoms with Gasteiger partial charge in [-0.3, -0.25) is 9.78 Å². The summed E-state index contributed by atoms with van der Waals surface area (Å²) in [5, 5.41) is 4.26. The number of nitrogens with zero attached hydrogens (tertiary/aromatic N) is 3. The van der Waals surface area contributed by atoms with Crippen LogP contribution < -0.4 is 5.32 Å². The molecule has 2 heterocycles. The first kappa shape index (κ1) is 17.4. The van der Waals surface area contributed by atoms with Gasteiger partial charge < -0.3 is 5.32 Å². The van der Waals surface area contributed by atoms with Crippen molar-refractivity contribution < 1.29 is 4.79 Å². The minimum absolute atomic E-state index is 0.0801. The van der Waals surface area contributed by atoms with Crippen LogP contribution in [-0.2, 0) is 4.79 Å². The van der Waals surface area contributed by atoms with Crippen molar-refractivity contribution in [2.45, 2.75) is 38.1 Å². The molecule has 0 spiro atoms. The summed E-state index contributed by atoms with van der Waals surface area (Å²) in [5.74, 6) is -0.0801. The van der Waals surface area contributed by atoms with Gasteiger partial charge in [0.15, 0.2) is 5.16 Å². The van der Waals surface area contributed by atoms with E-state index in [1.165, 1.54) is 11.8 Å². The molecule has 128 valence electrons. The number of aryl methyl sites for hydroxylation is 3. The quantitative estimate of drug-likeness (QED) is 0.566. The Hall–Kier alpha value is -2.47. The van der Waals surface area contributed by atoms with Gasteiger partial charge in [-0.25, -0.2) is 9.97 Å². The van der Waals surface area contributed by atoms with Crippen LogP contribution in [0, 0.1) is 20.8 Å². The minimum Gasteiger partial charge on any atom is -0.324 e. The monoisotopic (exact) mass is 352 g/mol. The number of aromatic nitrogens is 3. The van der Waals surface area contributed by atoms with Crippen LogP contribution in [0.2, 0.25) is 0 Å². The lowest BCUT2D eigenvalue weighted by Gasteiger charge is -2.14. The van der Waals surface area contributed by atoms with Crippen LogP contribution >= 0.6 is 11.8 Å². The highest BCUT2D eigenvalue weighted by atomic mass is 32.2. The highest BCUT2D eigenvalue weighted by Crippen LogP contribution is 2.25. The second kappa shape index (κ2) is 7.19. The number of fused-ring (bicyclic) bond motifs is 1. The van der Waals surface area contributed by atoms with Crippen LogP contribution in [0.15, 0.2) is 41.6 Å².